The monoisotopic (exact) mass is 321 g/mol. The first-order valence-electron chi connectivity index (χ1n) is 6.75. The summed E-state index contributed by atoms with van der Waals surface area (Å²) in [6.45, 7) is 7.11. The van der Waals surface area contributed by atoms with Crippen molar-refractivity contribution in [3.05, 3.63) is 10.1 Å². The van der Waals surface area contributed by atoms with Crippen molar-refractivity contribution in [2.45, 2.75) is 43.1 Å². The lowest BCUT2D eigenvalue weighted by Crippen LogP contribution is -2.60. The van der Waals surface area contributed by atoms with E-state index in [0.29, 0.717) is 13.2 Å². The zero-order valence-electron chi connectivity index (χ0n) is 12.7. The Balaban J connectivity index is 2.39. The molecule has 0 bridgehead atoms. The van der Waals surface area contributed by atoms with Crippen LogP contribution in [0.3, 0.4) is 0 Å². The van der Waals surface area contributed by atoms with Gasteiger partial charge in [0.15, 0.2) is 0 Å². The molecule has 1 aliphatic heterocycles. The van der Waals surface area contributed by atoms with Crippen LogP contribution >= 0.6 is 23.5 Å². The highest BCUT2D eigenvalue weighted by Crippen LogP contribution is 2.58. The van der Waals surface area contributed by atoms with E-state index in [4.69, 9.17) is 9.47 Å². The molecule has 7 heteroatoms. The molecule has 0 aromatic rings. The number of thioether (sulfide) groups is 2. The molecule has 0 aromatic heterocycles. The summed E-state index contributed by atoms with van der Waals surface area (Å²) in [6.07, 6.45) is 4.60. The standard InChI is InChI=1S/C13H23NO4S2/c1-9-6-12(19-4,20-5)10(14(15)16)13(9)17-7-11(2,3)8-18-13/h9-10H,6-8H2,1-5H3/t9-,10?/m1/s1. The van der Waals surface area contributed by atoms with Crippen molar-refractivity contribution in [2.24, 2.45) is 11.3 Å². The molecule has 0 radical (unpaired) electrons. The summed E-state index contributed by atoms with van der Waals surface area (Å²) in [4.78, 5) is 11.5. The Morgan fingerprint density at radius 3 is 2.10 bits per heavy atom. The lowest BCUT2D eigenvalue weighted by molar-refractivity contribution is -0.570. The molecule has 5 nitrogen and oxygen atoms in total. The van der Waals surface area contributed by atoms with Gasteiger partial charge in [-0.2, -0.15) is 0 Å². The Hall–Kier alpha value is 0.0200. The van der Waals surface area contributed by atoms with Crippen molar-refractivity contribution < 1.29 is 14.4 Å². The van der Waals surface area contributed by atoms with Gasteiger partial charge in [0.1, 0.15) is 4.08 Å². The lowest BCUT2D eigenvalue weighted by atomic mass is 9.92. The molecule has 20 heavy (non-hydrogen) atoms. The minimum Gasteiger partial charge on any atom is -0.343 e. The Labute approximate surface area is 128 Å². The first kappa shape index (κ1) is 16.4. The van der Waals surface area contributed by atoms with Gasteiger partial charge in [-0.3, -0.25) is 10.1 Å². The SMILES string of the molecule is CSC1(SC)C[C@@H](C)C2(OCC(C)(C)CO2)C1[N+](=O)[O-]. The molecule has 0 amide bonds. The molecule has 1 spiro atoms. The lowest BCUT2D eigenvalue weighted by Gasteiger charge is -2.44. The van der Waals surface area contributed by atoms with Crippen LogP contribution in [0.2, 0.25) is 0 Å². The summed E-state index contributed by atoms with van der Waals surface area (Å²) in [7, 11) is 0. The van der Waals surface area contributed by atoms with Crippen LogP contribution in [0.5, 0.6) is 0 Å². The van der Waals surface area contributed by atoms with Crippen molar-refractivity contribution in [1.29, 1.82) is 0 Å². The largest absolute Gasteiger partial charge is 0.343 e. The third-order valence-electron chi connectivity index (χ3n) is 4.35. The fourth-order valence-corrected chi connectivity index (χ4v) is 5.63. The molecule has 1 saturated heterocycles. The number of nitro groups is 1. The highest BCUT2D eigenvalue weighted by molar-refractivity contribution is 8.17. The zero-order chi connectivity index (χ0) is 15.2. The quantitative estimate of drug-likeness (QED) is 0.452. The molecule has 2 rings (SSSR count). The van der Waals surface area contributed by atoms with Crippen molar-refractivity contribution in [3.63, 3.8) is 0 Å². The van der Waals surface area contributed by atoms with Crippen LogP contribution in [0.4, 0.5) is 0 Å². The van der Waals surface area contributed by atoms with Gasteiger partial charge in [-0.25, -0.2) is 0 Å². The van der Waals surface area contributed by atoms with Gasteiger partial charge in [0.2, 0.25) is 5.79 Å². The number of ether oxygens (including phenoxy) is 2. The smallest absolute Gasteiger partial charge is 0.289 e. The van der Waals surface area contributed by atoms with Crippen LogP contribution in [-0.2, 0) is 9.47 Å². The fraction of sp³-hybridized carbons (Fsp3) is 1.00. The van der Waals surface area contributed by atoms with E-state index in [-0.39, 0.29) is 16.3 Å². The summed E-state index contributed by atoms with van der Waals surface area (Å²) < 4.78 is 11.5. The highest BCUT2D eigenvalue weighted by atomic mass is 32.2. The minimum atomic E-state index is -1.08. The van der Waals surface area contributed by atoms with E-state index in [1.54, 1.807) is 23.5 Å². The van der Waals surface area contributed by atoms with Crippen LogP contribution in [0.15, 0.2) is 0 Å². The van der Waals surface area contributed by atoms with Gasteiger partial charge in [-0.15, -0.1) is 23.5 Å². The molecule has 1 unspecified atom stereocenters. The number of rotatable bonds is 3. The van der Waals surface area contributed by atoms with Crippen molar-refractivity contribution in [2.75, 3.05) is 25.7 Å². The minimum absolute atomic E-state index is 0.00824. The molecule has 1 saturated carbocycles. The van der Waals surface area contributed by atoms with Crippen molar-refractivity contribution in [3.8, 4) is 0 Å². The molecular weight excluding hydrogens is 298 g/mol. The molecule has 116 valence electrons. The van der Waals surface area contributed by atoms with Gasteiger partial charge in [0.05, 0.1) is 13.2 Å². The molecule has 2 fully saturated rings. The first-order chi connectivity index (χ1) is 9.23. The van der Waals surface area contributed by atoms with Crippen LogP contribution in [0.1, 0.15) is 27.2 Å². The Kier molecular flexibility index (Phi) is 4.37. The van der Waals surface area contributed by atoms with Crippen LogP contribution in [0, 0.1) is 21.4 Å². The van der Waals surface area contributed by atoms with Gasteiger partial charge in [-0.05, 0) is 18.9 Å². The Bertz CT molecular complexity index is 388. The van der Waals surface area contributed by atoms with Crippen molar-refractivity contribution >= 4 is 23.5 Å². The molecule has 0 aromatic carbocycles. The summed E-state index contributed by atoms with van der Waals surface area (Å²) in [5, 5.41) is 11.7. The summed E-state index contributed by atoms with van der Waals surface area (Å²) in [5.41, 5.74) is -0.0872. The van der Waals surface area contributed by atoms with Crippen molar-refractivity contribution in [1.82, 2.24) is 0 Å². The normalized spacial score (nSPS) is 34.2. The van der Waals surface area contributed by atoms with E-state index in [9.17, 15) is 10.1 Å². The zero-order valence-corrected chi connectivity index (χ0v) is 14.3. The van der Waals surface area contributed by atoms with Crippen LogP contribution < -0.4 is 0 Å². The summed E-state index contributed by atoms with van der Waals surface area (Å²) in [5.74, 6) is -1.07. The Morgan fingerprint density at radius 1 is 1.20 bits per heavy atom. The summed E-state index contributed by atoms with van der Waals surface area (Å²) >= 11 is 3.10. The fourth-order valence-electron chi connectivity index (χ4n) is 3.18. The highest BCUT2D eigenvalue weighted by Gasteiger charge is 2.71. The van der Waals surface area contributed by atoms with Gasteiger partial charge in [-0.1, -0.05) is 20.8 Å². The molecular formula is C13H23NO4S2. The second kappa shape index (κ2) is 5.34. The number of hydrogen-bond donors (Lipinski definition) is 0. The van der Waals surface area contributed by atoms with Gasteiger partial charge < -0.3 is 9.47 Å². The van der Waals surface area contributed by atoms with E-state index in [0.717, 1.165) is 6.42 Å². The topological polar surface area (TPSA) is 61.6 Å². The first-order valence-corrected chi connectivity index (χ1v) is 9.20. The third-order valence-corrected chi connectivity index (χ3v) is 7.52. The third kappa shape index (κ3) is 2.36. The second-order valence-electron chi connectivity index (χ2n) is 6.48. The van der Waals surface area contributed by atoms with E-state index < -0.39 is 15.9 Å². The molecule has 2 aliphatic rings. The van der Waals surface area contributed by atoms with Crippen LogP contribution in [0.25, 0.3) is 0 Å². The van der Waals surface area contributed by atoms with E-state index in [1.807, 2.05) is 19.4 Å². The van der Waals surface area contributed by atoms with E-state index in [2.05, 4.69) is 13.8 Å². The van der Waals surface area contributed by atoms with E-state index in [1.165, 1.54) is 0 Å². The maximum atomic E-state index is 11.7. The molecule has 1 aliphatic carbocycles. The number of nitrogens with zero attached hydrogens (tertiary/aromatic N) is 1. The Morgan fingerprint density at radius 2 is 1.70 bits per heavy atom. The van der Waals surface area contributed by atoms with E-state index >= 15 is 0 Å². The average molecular weight is 321 g/mol. The maximum absolute atomic E-state index is 11.7. The molecule has 1 heterocycles. The average Bonchev–Trinajstić information content (AvgIpc) is 2.63. The summed E-state index contributed by atoms with van der Waals surface area (Å²) in [6, 6.07) is -0.842. The number of hydrogen-bond acceptors (Lipinski definition) is 6. The van der Waals surface area contributed by atoms with Gasteiger partial charge in [0, 0.05) is 16.3 Å². The second-order valence-corrected chi connectivity index (χ2v) is 9.01. The predicted molar refractivity (Wildman–Crippen MR) is 82.7 cm³/mol. The predicted octanol–water partition coefficient (Wildman–Crippen LogP) is 2.86. The molecule has 0 N–H and O–H groups in total. The molecule has 2 atom stereocenters. The maximum Gasteiger partial charge on any atom is 0.289 e. The van der Waals surface area contributed by atoms with Crippen LogP contribution in [-0.4, -0.2) is 46.6 Å². The van der Waals surface area contributed by atoms with Gasteiger partial charge in [0.25, 0.3) is 6.04 Å². The van der Waals surface area contributed by atoms with Gasteiger partial charge >= 0.3 is 0 Å².